The number of carbonyl (C=O) groups excluding carboxylic acids is 2. The molecule has 1 aliphatic rings. The average molecular weight is 469 g/mol. The lowest BCUT2D eigenvalue weighted by atomic mass is 10.2. The van der Waals surface area contributed by atoms with Gasteiger partial charge in [0.2, 0.25) is 10.0 Å². The molecule has 0 unspecified atom stereocenters. The number of carbonyl (C=O) groups is 2. The zero-order chi connectivity index (χ0) is 22.9. The summed E-state index contributed by atoms with van der Waals surface area (Å²) in [6, 6.07) is 6.43. The van der Waals surface area contributed by atoms with Gasteiger partial charge in [0, 0.05) is 44.4 Å². The number of aromatic nitrogens is 1. The molecule has 11 heteroatoms. The molecule has 2 aromatic rings. The van der Waals surface area contributed by atoms with Gasteiger partial charge >= 0.3 is 0 Å². The Morgan fingerprint density at radius 1 is 1.16 bits per heavy atom. The molecule has 1 fully saturated rings. The Labute approximate surface area is 186 Å². The van der Waals surface area contributed by atoms with Gasteiger partial charge in [0.05, 0.1) is 0 Å². The summed E-state index contributed by atoms with van der Waals surface area (Å²) >= 11 is 5.95. The van der Waals surface area contributed by atoms with Gasteiger partial charge in [-0.1, -0.05) is 11.6 Å². The molecule has 0 bridgehead atoms. The fraction of sp³-hybridized carbons (Fsp3) is 0.400. The van der Waals surface area contributed by atoms with Gasteiger partial charge in [0.15, 0.2) is 6.10 Å². The van der Waals surface area contributed by atoms with Crippen LogP contribution < -0.4 is 10.5 Å². The molecule has 0 radical (unpaired) electrons. The van der Waals surface area contributed by atoms with Gasteiger partial charge in [-0.15, -0.1) is 0 Å². The van der Waals surface area contributed by atoms with Crippen molar-refractivity contribution in [3.05, 3.63) is 46.7 Å². The first kappa shape index (κ1) is 23.1. The van der Waals surface area contributed by atoms with Crippen LogP contribution in [-0.4, -0.2) is 66.3 Å². The summed E-state index contributed by atoms with van der Waals surface area (Å²) in [4.78, 5) is 25.8. The Hall–Kier alpha value is -2.56. The van der Waals surface area contributed by atoms with Crippen molar-refractivity contribution in [2.24, 2.45) is 12.8 Å². The first-order valence-corrected chi connectivity index (χ1v) is 11.5. The molecule has 0 saturated carbocycles. The minimum Gasteiger partial charge on any atom is -0.481 e. The predicted octanol–water partition coefficient (Wildman–Crippen LogP) is 1.39. The summed E-state index contributed by atoms with van der Waals surface area (Å²) in [5.41, 5.74) is 6.20. The second kappa shape index (κ2) is 8.89. The van der Waals surface area contributed by atoms with Gasteiger partial charge in [-0.25, -0.2) is 8.42 Å². The largest absolute Gasteiger partial charge is 0.481 e. The second-order valence-electron chi connectivity index (χ2n) is 7.44. The molecule has 168 valence electrons. The highest BCUT2D eigenvalue weighted by atomic mass is 35.5. The Bertz CT molecular complexity index is 1110. The number of amides is 2. The van der Waals surface area contributed by atoms with Crippen molar-refractivity contribution in [1.29, 1.82) is 0 Å². The summed E-state index contributed by atoms with van der Waals surface area (Å²) in [6.45, 7) is 4.26. The molecule has 1 aromatic carbocycles. The number of hydrogen-bond acceptors (Lipinski definition) is 5. The van der Waals surface area contributed by atoms with Crippen molar-refractivity contribution in [2.45, 2.75) is 24.8 Å². The molecule has 0 spiro atoms. The molecular formula is C20H25ClN4O5S. The number of aryl methyl sites for hydroxylation is 2. The normalized spacial score (nSPS) is 16.2. The number of nitrogens with two attached hydrogens (primary N) is 1. The quantitative estimate of drug-likeness (QED) is 0.687. The van der Waals surface area contributed by atoms with Crippen LogP contribution in [-0.2, 0) is 21.9 Å². The molecule has 1 atom stereocenters. The highest BCUT2D eigenvalue weighted by molar-refractivity contribution is 7.89. The van der Waals surface area contributed by atoms with Crippen molar-refractivity contribution < 1.29 is 22.7 Å². The van der Waals surface area contributed by atoms with Crippen LogP contribution in [0.4, 0.5) is 0 Å². The number of sulfonamides is 1. The molecule has 1 saturated heterocycles. The maximum atomic E-state index is 12.9. The summed E-state index contributed by atoms with van der Waals surface area (Å²) < 4.78 is 34.3. The monoisotopic (exact) mass is 468 g/mol. The Balaban J connectivity index is 1.63. The van der Waals surface area contributed by atoms with E-state index in [1.54, 1.807) is 37.1 Å². The zero-order valence-corrected chi connectivity index (χ0v) is 19.1. The van der Waals surface area contributed by atoms with Crippen LogP contribution in [0, 0.1) is 6.92 Å². The van der Waals surface area contributed by atoms with E-state index in [0.717, 1.165) is 5.56 Å². The smallest absolute Gasteiger partial charge is 0.265 e. The van der Waals surface area contributed by atoms with Crippen molar-refractivity contribution in [3.63, 3.8) is 0 Å². The summed E-state index contributed by atoms with van der Waals surface area (Å²) in [7, 11) is -2.25. The number of halogens is 1. The predicted molar refractivity (Wildman–Crippen MR) is 116 cm³/mol. The van der Waals surface area contributed by atoms with Gasteiger partial charge in [0.1, 0.15) is 16.3 Å². The Kier molecular flexibility index (Phi) is 6.63. The number of hydrogen-bond donors (Lipinski definition) is 1. The van der Waals surface area contributed by atoms with Crippen LogP contribution in [0.1, 0.15) is 23.0 Å². The third kappa shape index (κ3) is 4.86. The van der Waals surface area contributed by atoms with Crippen molar-refractivity contribution in [3.8, 4) is 5.75 Å². The highest BCUT2D eigenvalue weighted by Crippen LogP contribution is 2.24. The van der Waals surface area contributed by atoms with E-state index < -0.39 is 22.0 Å². The number of rotatable bonds is 6. The SMILES string of the molecule is Cc1cc(Cl)ccc1O[C@@H](C)C(=O)N1CCN(S(=O)(=O)c2cc(C(N)=O)n(C)c2)CC1. The molecule has 3 rings (SSSR count). The van der Waals surface area contributed by atoms with Crippen LogP contribution in [0.5, 0.6) is 5.75 Å². The van der Waals surface area contributed by atoms with E-state index in [4.69, 9.17) is 22.1 Å². The van der Waals surface area contributed by atoms with Crippen LogP contribution >= 0.6 is 11.6 Å². The molecule has 0 aliphatic carbocycles. The standard InChI is InChI=1S/C20H25ClN4O5S/c1-13-10-15(21)4-5-18(13)30-14(2)20(27)24-6-8-25(9-7-24)31(28,29)16-11-17(19(22)26)23(3)12-16/h4-5,10-12,14H,6-9H2,1-3H3,(H2,22,26)/t14-/m0/s1. The van der Waals surface area contributed by atoms with Gasteiger partial charge in [0.25, 0.3) is 11.8 Å². The van der Waals surface area contributed by atoms with E-state index in [-0.39, 0.29) is 42.7 Å². The first-order chi connectivity index (χ1) is 14.5. The average Bonchev–Trinajstić information content (AvgIpc) is 3.12. The lowest BCUT2D eigenvalue weighted by Gasteiger charge is -2.35. The summed E-state index contributed by atoms with van der Waals surface area (Å²) in [5.74, 6) is -0.354. The molecule has 1 aliphatic heterocycles. The summed E-state index contributed by atoms with van der Waals surface area (Å²) in [5, 5.41) is 0.586. The number of primary amides is 1. The summed E-state index contributed by atoms with van der Waals surface area (Å²) in [6.07, 6.45) is 0.632. The highest BCUT2D eigenvalue weighted by Gasteiger charge is 2.33. The number of piperazine rings is 1. The van der Waals surface area contributed by atoms with Crippen LogP contribution in [0.3, 0.4) is 0 Å². The van der Waals surface area contributed by atoms with E-state index in [0.29, 0.717) is 10.8 Å². The minimum absolute atomic E-state index is 0.00140. The van der Waals surface area contributed by atoms with E-state index in [1.807, 2.05) is 6.92 Å². The van der Waals surface area contributed by atoms with E-state index in [1.165, 1.54) is 21.1 Å². The van der Waals surface area contributed by atoms with Crippen LogP contribution in [0.25, 0.3) is 0 Å². The van der Waals surface area contributed by atoms with Gasteiger partial charge in [-0.2, -0.15) is 4.31 Å². The van der Waals surface area contributed by atoms with E-state index >= 15 is 0 Å². The first-order valence-electron chi connectivity index (χ1n) is 9.68. The maximum absolute atomic E-state index is 12.9. The molecule has 31 heavy (non-hydrogen) atoms. The van der Waals surface area contributed by atoms with Crippen LogP contribution in [0.15, 0.2) is 35.4 Å². The van der Waals surface area contributed by atoms with Crippen molar-refractivity contribution in [1.82, 2.24) is 13.8 Å². The topological polar surface area (TPSA) is 115 Å². The number of nitrogens with zero attached hydrogens (tertiary/aromatic N) is 3. The fourth-order valence-electron chi connectivity index (χ4n) is 3.46. The maximum Gasteiger partial charge on any atom is 0.265 e. The van der Waals surface area contributed by atoms with E-state index in [9.17, 15) is 18.0 Å². The van der Waals surface area contributed by atoms with Crippen molar-refractivity contribution >= 4 is 33.4 Å². The van der Waals surface area contributed by atoms with Gasteiger partial charge in [-0.05, 0) is 43.7 Å². The van der Waals surface area contributed by atoms with E-state index in [2.05, 4.69) is 0 Å². The Morgan fingerprint density at radius 2 is 1.81 bits per heavy atom. The second-order valence-corrected chi connectivity index (χ2v) is 9.81. The molecule has 2 heterocycles. The Morgan fingerprint density at radius 3 is 2.35 bits per heavy atom. The lowest BCUT2D eigenvalue weighted by molar-refractivity contribution is -0.139. The molecule has 9 nitrogen and oxygen atoms in total. The lowest BCUT2D eigenvalue weighted by Crippen LogP contribution is -2.53. The molecule has 2 amide bonds. The van der Waals surface area contributed by atoms with Crippen molar-refractivity contribution in [2.75, 3.05) is 26.2 Å². The fourth-order valence-corrected chi connectivity index (χ4v) is 5.18. The number of ether oxygens (including phenoxy) is 1. The minimum atomic E-state index is -3.80. The van der Waals surface area contributed by atoms with Gasteiger partial charge < -0.3 is 19.9 Å². The zero-order valence-electron chi connectivity index (χ0n) is 17.5. The third-order valence-electron chi connectivity index (χ3n) is 5.21. The molecular weight excluding hydrogens is 444 g/mol. The number of benzene rings is 1. The molecule has 1 aromatic heterocycles. The molecule has 2 N–H and O–H groups in total. The van der Waals surface area contributed by atoms with Crippen LogP contribution in [0.2, 0.25) is 5.02 Å². The van der Waals surface area contributed by atoms with Gasteiger partial charge in [-0.3, -0.25) is 9.59 Å². The third-order valence-corrected chi connectivity index (χ3v) is 7.31.